The molecule has 3 heteroatoms. The molecule has 50 valence electrons. The van der Waals surface area contributed by atoms with Crippen LogP contribution in [0.4, 0.5) is 0 Å². The van der Waals surface area contributed by atoms with Crippen molar-refractivity contribution in [2.75, 3.05) is 0 Å². The van der Waals surface area contributed by atoms with Gasteiger partial charge in [-0.15, -0.1) is 0 Å². The Labute approximate surface area is 58.4 Å². The van der Waals surface area contributed by atoms with Gasteiger partial charge in [0.05, 0.1) is 0 Å². The zero-order valence-corrected chi connectivity index (χ0v) is 4.68. The SMILES string of the molecule is C.O=Cc1ccc(Cl)o1. The predicted molar refractivity (Wildman–Crippen MR) is 35.8 cm³/mol. The number of carbonyl (C=O) groups excluding carboxylic acids is 1. The minimum Gasteiger partial charge on any atom is -0.442 e. The van der Waals surface area contributed by atoms with Crippen molar-refractivity contribution in [2.45, 2.75) is 7.43 Å². The van der Waals surface area contributed by atoms with Gasteiger partial charge in [0.15, 0.2) is 17.3 Å². The largest absolute Gasteiger partial charge is 0.442 e. The van der Waals surface area contributed by atoms with Gasteiger partial charge in [-0.25, -0.2) is 0 Å². The van der Waals surface area contributed by atoms with Crippen LogP contribution in [0.2, 0.25) is 5.22 Å². The van der Waals surface area contributed by atoms with Crippen LogP contribution in [0.15, 0.2) is 16.5 Å². The summed E-state index contributed by atoms with van der Waals surface area (Å²) in [7, 11) is 0. The normalized spacial score (nSPS) is 8.11. The lowest BCUT2D eigenvalue weighted by Crippen LogP contribution is -1.65. The molecule has 0 amide bonds. The third kappa shape index (κ3) is 1.90. The minimum absolute atomic E-state index is 0. The number of halogens is 1. The van der Waals surface area contributed by atoms with Gasteiger partial charge in [-0.2, -0.15) is 0 Å². The molecule has 0 saturated carbocycles. The van der Waals surface area contributed by atoms with Crippen molar-refractivity contribution < 1.29 is 9.21 Å². The lowest BCUT2D eigenvalue weighted by Gasteiger charge is -1.73. The number of hydrogen-bond donors (Lipinski definition) is 0. The summed E-state index contributed by atoms with van der Waals surface area (Å²) in [4.78, 5) is 9.87. The van der Waals surface area contributed by atoms with Crippen molar-refractivity contribution in [1.29, 1.82) is 0 Å². The van der Waals surface area contributed by atoms with E-state index in [0.717, 1.165) is 0 Å². The van der Waals surface area contributed by atoms with Gasteiger partial charge in [0.2, 0.25) is 0 Å². The first kappa shape index (κ1) is 8.24. The Bertz CT molecular complexity index is 193. The van der Waals surface area contributed by atoms with E-state index in [1.807, 2.05) is 0 Å². The summed E-state index contributed by atoms with van der Waals surface area (Å²) in [6.45, 7) is 0. The first-order chi connectivity index (χ1) is 3.83. The van der Waals surface area contributed by atoms with Gasteiger partial charge in [0, 0.05) is 0 Å². The van der Waals surface area contributed by atoms with Gasteiger partial charge in [-0.1, -0.05) is 7.43 Å². The maximum Gasteiger partial charge on any atom is 0.194 e. The molecule has 1 rings (SSSR count). The molecule has 1 heterocycles. The summed E-state index contributed by atoms with van der Waals surface area (Å²) in [6, 6.07) is 3.03. The fourth-order valence-electron chi connectivity index (χ4n) is 0.392. The summed E-state index contributed by atoms with van der Waals surface area (Å²) >= 11 is 5.31. The average molecular weight is 147 g/mol. The molecule has 0 aliphatic rings. The van der Waals surface area contributed by atoms with E-state index in [9.17, 15) is 4.79 Å². The van der Waals surface area contributed by atoms with Gasteiger partial charge < -0.3 is 4.42 Å². The first-order valence-electron chi connectivity index (χ1n) is 2.03. The van der Waals surface area contributed by atoms with Gasteiger partial charge in [0.25, 0.3) is 0 Å². The van der Waals surface area contributed by atoms with E-state index in [-0.39, 0.29) is 18.4 Å². The summed E-state index contributed by atoms with van der Waals surface area (Å²) in [5.41, 5.74) is 0. The molecule has 2 nitrogen and oxygen atoms in total. The summed E-state index contributed by atoms with van der Waals surface area (Å²) in [6.07, 6.45) is 0.603. The molecule has 9 heavy (non-hydrogen) atoms. The molecule has 0 aliphatic carbocycles. The molecule has 0 atom stereocenters. The van der Waals surface area contributed by atoms with Crippen LogP contribution in [0.1, 0.15) is 18.0 Å². The Morgan fingerprint density at radius 3 is 2.44 bits per heavy atom. The Hall–Kier alpha value is -0.760. The Balaban J connectivity index is 0.000000640. The zero-order valence-electron chi connectivity index (χ0n) is 3.93. The zero-order chi connectivity index (χ0) is 5.98. The molecule has 0 spiro atoms. The lowest BCUT2D eigenvalue weighted by atomic mass is 10.5. The van der Waals surface area contributed by atoms with Crippen LogP contribution in [0.3, 0.4) is 0 Å². The van der Waals surface area contributed by atoms with Crippen LogP contribution in [0, 0.1) is 0 Å². The fourth-order valence-corrected chi connectivity index (χ4v) is 0.544. The van der Waals surface area contributed by atoms with E-state index >= 15 is 0 Å². The Kier molecular flexibility index (Phi) is 3.02. The van der Waals surface area contributed by atoms with Crippen molar-refractivity contribution >= 4 is 17.9 Å². The highest BCUT2D eigenvalue weighted by Gasteiger charge is 1.93. The second kappa shape index (κ2) is 3.30. The molecule has 0 unspecified atom stereocenters. The van der Waals surface area contributed by atoms with Crippen molar-refractivity contribution in [3.63, 3.8) is 0 Å². The van der Waals surface area contributed by atoms with E-state index in [1.165, 1.54) is 12.1 Å². The number of hydrogen-bond acceptors (Lipinski definition) is 2. The van der Waals surface area contributed by atoms with Crippen molar-refractivity contribution in [3.05, 3.63) is 23.1 Å². The number of rotatable bonds is 1. The van der Waals surface area contributed by atoms with Gasteiger partial charge in [-0.05, 0) is 23.7 Å². The molecule has 0 aromatic carbocycles. The summed E-state index contributed by atoms with van der Waals surface area (Å²) in [5.74, 6) is 0.259. The summed E-state index contributed by atoms with van der Waals surface area (Å²) in [5, 5.41) is 0.243. The van der Waals surface area contributed by atoms with E-state index in [4.69, 9.17) is 11.6 Å². The topological polar surface area (TPSA) is 30.2 Å². The van der Waals surface area contributed by atoms with Gasteiger partial charge >= 0.3 is 0 Å². The summed E-state index contributed by atoms with van der Waals surface area (Å²) < 4.78 is 4.63. The lowest BCUT2D eigenvalue weighted by molar-refractivity contribution is 0.110. The van der Waals surface area contributed by atoms with E-state index in [0.29, 0.717) is 6.29 Å². The average Bonchev–Trinajstić information content (AvgIpc) is 2.14. The van der Waals surface area contributed by atoms with E-state index in [2.05, 4.69) is 4.42 Å². The Morgan fingerprint density at radius 1 is 1.56 bits per heavy atom. The second-order valence-corrected chi connectivity index (χ2v) is 1.63. The van der Waals surface area contributed by atoms with E-state index in [1.54, 1.807) is 0 Å². The molecular formula is C6H7ClO2. The standard InChI is InChI=1S/C5H3ClO2.CH4/c6-5-2-1-4(3-7)8-5;/h1-3H;1H4. The fraction of sp³-hybridized carbons (Fsp3) is 0.167. The molecule has 0 fully saturated rings. The molecular weight excluding hydrogens is 140 g/mol. The monoisotopic (exact) mass is 146 g/mol. The van der Waals surface area contributed by atoms with Crippen LogP contribution in [-0.2, 0) is 0 Å². The van der Waals surface area contributed by atoms with Gasteiger partial charge in [0.1, 0.15) is 0 Å². The van der Waals surface area contributed by atoms with Crippen LogP contribution in [0.5, 0.6) is 0 Å². The molecule has 0 aliphatic heterocycles. The third-order valence-electron chi connectivity index (χ3n) is 0.710. The number of aldehydes is 1. The highest BCUT2D eigenvalue weighted by atomic mass is 35.5. The van der Waals surface area contributed by atoms with Gasteiger partial charge in [-0.3, -0.25) is 4.79 Å². The van der Waals surface area contributed by atoms with Crippen molar-refractivity contribution in [2.24, 2.45) is 0 Å². The van der Waals surface area contributed by atoms with Crippen molar-refractivity contribution in [3.8, 4) is 0 Å². The quantitative estimate of drug-likeness (QED) is 0.570. The molecule has 1 aromatic heterocycles. The highest BCUT2D eigenvalue weighted by Crippen LogP contribution is 2.10. The minimum atomic E-state index is 0. The highest BCUT2D eigenvalue weighted by molar-refractivity contribution is 6.28. The molecule has 0 saturated heterocycles. The number of furan rings is 1. The maximum absolute atomic E-state index is 9.87. The third-order valence-corrected chi connectivity index (χ3v) is 0.913. The van der Waals surface area contributed by atoms with E-state index < -0.39 is 0 Å². The molecule has 0 radical (unpaired) electrons. The van der Waals surface area contributed by atoms with Crippen LogP contribution < -0.4 is 0 Å². The Morgan fingerprint density at radius 2 is 2.22 bits per heavy atom. The molecule has 1 aromatic rings. The predicted octanol–water partition coefficient (Wildman–Crippen LogP) is 2.38. The smallest absolute Gasteiger partial charge is 0.194 e. The first-order valence-corrected chi connectivity index (χ1v) is 2.41. The number of carbonyl (C=O) groups is 1. The van der Waals surface area contributed by atoms with Crippen LogP contribution in [-0.4, -0.2) is 6.29 Å². The molecule has 0 N–H and O–H groups in total. The van der Waals surface area contributed by atoms with Crippen molar-refractivity contribution in [1.82, 2.24) is 0 Å². The van der Waals surface area contributed by atoms with Crippen LogP contribution in [0.25, 0.3) is 0 Å². The maximum atomic E-state index is 9.87. The molecule has 0 bridgehead atoms. The van der Waals surface area contributed by atoms with Crippen LogP contribution >= 0.6 is 11.6 Å². The second-order valence-electron chi connectivity index (χ2n) is 1.26.